The van der Waals surface area contributed by atoms with Crippen LogP contribution in [0.3, 0.4) is 0 Å². The Balaban J connectivity index is 1.45. The van der Waals surface area contributed by atoms with Crippen LogP contribution in [0.1, 0.15) is 46.5 Å². The fourth-order valence-electron chi connectivity index (χ4n) is 3.60. The highest BCUT2D eigenvalue weighted by molar-refractivity contribution is 5.67. The number of aromatic nitrogens is 2. The lowest BCUT2D eigenvalue weighted by molar-refractivity contribution is 0.0516. The summed E-state index contributed by atoms with van der Waals surface area (Å²) >= 11 is 0. The van der Waals surface area contributed by atoms with Crippen LogP contribution in [0, 0.1) is 11.8 Å². The summed E-state index contributed by atoms with van der Waals surface area (Å²) in [5.74, 6) is 3.03. The third-order valence-corrected chi connectivity index (χ3v) is 4.99. The van der Waals surface area contributed by atoms with Crippen LogP contribution < -0.4 is 21.3 Å². The summed E-state index contributed by atoms with van der Waals surface area (Å²) < 4.78 is 5.26. The van der Waals surface area contributed by atoms with E-state index in [0.29, 0.717) is 12.5 Å². The summed E-state index contributed by atoms with van der Waals surface area (Å²) in [6.07, 6.45) is 4.87. The third-order valence-electron chi connectivity index (χ3n) is 4.99. The Kier molecular flexibility index (Phi) is 5.92. The van der Waals surface area contributed by atoms with Crippen LogP contribution in [0.15, 0.2) is 6.07 Å². The van der Waals surface area contributed by atoms with Gasteiger partial charge in [0.25, 0.3) is 0 Å². The molecule has 2 heterocycles. The highest BCUT2D eigenvalue weighted by atomic mass is 16.6. The number of amides is 1. The van der Waals surface area contributed by atoms with Crippen molar-refractivity contribution in [3.63, 3.8) is 0 Å². The quantitative estimate of drug-likeness (QED) is 0.701. The van der Waals surface area contributed by atoms with Gasteiger partial charge in [-0.1, -0.05) is 12.8 Å². The van der Waals surface area contributed by atoms with E-state index in [-0.39, 0.29) is 12.0 Å². The average Bonchev–Trinajstić information content (AvgIpc) is 3.02. The molecule has 0 atom stereocenters. The minimum Gasteiger partial charge on any atom is -0.444 e. The van der Waals surface area contributed by atoms with Gasteiger partial charge >= 0.3 is 6.09 Å². The molecule has 0 aromatic carbocycles. The van der Waals surface area contributed by atoms with E-state index in [2.05, 4.69) is 25.5 Å². The maximum absolute atomic E-state index is 11.7. The highest BCUT2D eigenvalue weighted by Gasteiger charge is 2.29. The van der Waals surface area contributed by atoms with E-state index in [1.54, 1.807) is 0 Å². The Morgan fingerprint density at radius 1 is 1.22 bits per heavy atom. The number of hydrogen-bond donors (Lipinski definition) is 3. The normalized spacial score (nSPS) is 18.3. The van der Waals surface area contributed by atoms with Crippen molar-refractivity contribution in [2.45, 2.75) is 52.1 Å². The molecule has 0 spiro atoms. The zero-order valence-corrected chi connectivity index (χ0v) is 16.6. The number of alkyl carbamates (subject to hydrolysis) is 1. The second-order valence-electron chi connectivity index (χ2n) is 8.65. The molecular weight excluding hydrogens is 344 g/mol. The van der Waals surface area contributed by atoms with Gasteiger partial charge in [0.1, 0.15) is 17.2 Å². The number of carbonyl (C=O) groups is 1. The number of nitrogens with one attached hydrogen (secondary N) is 2. The van der Waals surface area contributed by atoms with Crippen molar-refractivity contribution in [3.8, 4) is 0 Å². The topological polar surface area (TPSA) is 105 Å². The van der Waals surface area contributed by atoms with E-state index in [4.69, 9.17) is 10.5 Å². The number of anilines is 3. The van der Waals surface area contributed by atoms with Crippen LogP contribution in [-0.4, -0.2) is 47.8 Å². The van der Waals surface area contributed by atoms with Gasteiger partial charge in [0.2, 0.25) is 5.95 Å². The summed E-state index contributed by atoms with van der Waals surface area (Å²) in [7, 11) is 0. The first-order valence-corrected chi connectivity index (χ1v) is 9.89. The second-order valence-corrected chi connectivity index (χ2v) is 8.65. The maximum Gasteiger partial charge on any atom is 0.407 e. The first-order chi connectivity index (χ1) is 12.8. The van der Waals surface area contributed by atoms with Crippen molar-refractivity contribution in [3.05, 3.63) is 6.07 Å². The van der Waals surface area contributed by atoms with E-state index in [1.165, 1.54) is 25.7 Å². The van der Waals surface area contributed by atoms with E-state index in [1.807, 2.05) is 26.8 Å². The molecule has 1 aliphatic heterocycles. The standard InChI is InChI=1S/C19H32N6O2/c1-19(2,3)27-18(26)22-10-14-11-25(12-14)16-8-15(23-17(20)24-16)21-9-13-6-4-5-7-13/h8,13-14H,4-7,9-12H2,1-3H3,(H,22,26)(H3,20,21,23,24). The lowest BCUT2D eigenvalue weighted by Gasteiger charge is -2.40. The summed E-state index contributed by atoms with van der Waals surface area (Å²) in [6.45, 7) is 8.76. The molecule has 1 saturated heterocycles. The first-order valence-electron chi connectivity index (χ1n) is 9.89. The van der Waals surface area contributed by atoms with Crippen molar-refractivity contribution in [2.24, 2.45) is 11.8 Å². The molecule has 150 valence electrons. The van der Waals surface area contributed by atoms with Gasteiger partial charge in [0.15, 0.2) is 0 Å². The summed E-state index contributed by atoms with van der Waals surface area (Å²) in [6, 6.07) is 1.96. The molecule has 1 aromatic rings. The van der Waals surface area contributed by atoms with Crippen molar-refractivity contribution < 1.29 is 9.53 Å². The molecule has 1 aromatic heterocycles. The van der Waals surface area contributed by atoms with Crippen LogP contribution in [0.4, 0.5) is 22.4 Å². The van der Waals surface area contributed by atoms with Crippen molar-refractivity contribution in [1.29, 1.82) is 0 Å². The number of ether oxygens (including phenoxy) is 1. The Morgan fingerprint density at radius 3 is 2.59 bits per heavy atom. The van der Waals surface area contributed by atoms with Crippen LogP contribution in [-0.2, 0) is 4.74 Å². The molecule has 1 amide bonds. The van der Waals surface area contributed by atoms with E-state index >= 15 is 0 Å². The van der Waals surface area contributed by atoms with Gasteiger partial charge in [0.05, 0.1) is 0 Å². The molecule has 4 N–H and O–H groups in total. The number of nitrogen functional groups attached to an aromatic ring is 1. The molecule has 0 bridgehead atoms. The predicted molar refractivity (Wildman–Crippen MR) is 107 cm³/mol. The number of carbonyl (C=O) groups excluding carboxylic acids is 1. The third kappa shape index (κ3) is 5.87. The number of hydrogen-bond acceptors (Lipinski definition) is 7. The van der Waals surface area contributed by atoms with Crippen molar-refractivity contribution >= 4 is 23.7 Å². The van der Waals surface area contributed by atoms with Gasteiger partial charge in [-0.3, -0.25) is 0 Å². The zero-order chi connectivity index (χ0) is 19.4. The van der Waals surface area contributed by atoms with Crippen molar-refractivity contribution in [2.75, 3.05) is 42.1 Å². The van der Waals surface area contributed by atoms with Gasteiger partial charge < -0.3 is 26.0 Å². The number of nitrogens with zero attached hydrogens (tertiary/aromatic N) is 3. The smallest absolute Gasteiger partial charge is 0.407 e. The molecule has 27 heavy (non-hydrogen) atoms. The molecule has 2 aliphatic rings. The van der Waals surface area contributed by atoms with Gasteiger partial charge in [-0.2, -0.15) is 9.97 Å². The van der Waals surface area contributed by atoms with E-state index < -0.39 is 5.60 Å². The first kappa shape index (κ1) is 19.5. The fraction of sp³-hybridized carbons (Fsp3) is 0.737. The molecule has 2 fully saturated rings. The summed E-state index contributed by atoms with van der Waals surface area (Å²) in [4.78, 5) is 22.5. The van der Waals surface area contributed by atoms with Crippen LogP contribution >= 0.6 is 0 Å². The van der Waals surface area contributed by atoms with Crippen LogP contribution in [0.25, 0.3) is 0 Å². The van der Waals surface area contributed by atoms with Crippen molar-refractivity contribution in [1.82, 2.24) is 15.3 Å². The van der Waals surface area contributed by atoms with Gasteiger partial charge in [-0.25, -0.2) is 4.79 Å². The minimum absolute atomic E-state index is 0.289. The van der Waals surface area contributed by atoms with Gasteiger partial charge in [-0.05, 0) is 39.5 Å². The molecule has 8 heteroatoms. The number of nitrogens with two attached hydrogens (primary N) is 1. The average molecular weight is 377 g/mol. The monoisotopic (exact) mass is 376 g/mol. The molecule has 8 nitrogen and oxygen atoms in total. The molecule has 3 rings (SSSR count). The fourth-order valence-corrected chi connectivity index (χ4v) is 3.60. The lowest BCUT2D eigenvalue weighted by Crippen LogP contribution is -2.52. The maximum atomic E-state index is 11.7. The Hall–Kier alpha value is -2.25. The minimum atomic E-state index is -0.476. The molecule has 1 aliphatic carbocycles. The molecule has 0 radical (unpaired) electrons. The predicted octanol–water partition coefficient (Wildman–Crippen LogP) is 2.62. The lowest BCUT2D eigenvalue weighted by atomic mass is 10.0. The Labute approximate surface area is 161 Å². The molecule has 1 saturated carbocycles. The highest BCUT2D eigenvalue weighted by Crippen LogP contribution is 2.27. The molecular formula is C19H32N6O2. The molecule has 0 unspecified atom stereocenters. The van der Waals surface area contributed by atoms with E-state index in [0.717, 1.165) is 37.2 Å². The van der Waals surface area contributed by atoms with E-state index in [9.17, 15) is 4.79 Å². The second kappa shape index (κ2) is 8.19. The Morgan fingerprint density at radius 2 is 1.93 bits per heavy atom. The SMILES string of the molecule is CC(C)(C)OC(=O)NCC1CN(c2cc(NCC3CCCC3)nc(N)n2)C1. The summed E-state index contributed by atoms with van der Waals surface area (Å²) in [5.41, 5.74) is 5.41. The van der Waals surface area contributed by atoms with Crippen LogP contribution in [0.2, 0.25) is 0 Å². The van der Waals surface area contributed by atoms with Gasteiger partial charge in [0, 0.05) is 38.2 Å². The zero-order valence-electron chi connectivity index (χ0n) is 16.6. The largest absolute Gasteiger partial charge is 0.444 e. The number of rotatable bonds is 6. The Bertz CT molecular complexity index is 648. The van der Waals surface area contributed by atoms with Gasteiger partial charge in [-0.15, -0.1) is 0 Å². The van der Waals surface area contributed by atoms with Crippen LogP contribution in [0.5, 0.6) is 0 Å². The summed E-state index contributed by atoms with van der Waals surface area (Å²) in [5, 5.41) is 6.24.